The molecule has 16 heavy (non-hydrogen) atoms. The molecule has 0 fully saturated rings. The van der Waals surface area contributed by atoms with Crippen LogP contribution in [0.15, 0.2) is 28.7 Å². The molecule has 0 saturated carbocycles. The van der Waals surface area contributed by atoms with E-state index in [4.69, 9.17) is 5.11 Å². The van der Waals surface area contributed by atoms with Gasteiger partial charge < -0.3 is 5.11 Å². The second-order valence-electron chi connectivity index (χ2n) is 3.57. The van der Waals surface area contributed by atoms with Crippen molar-refractivity contribution in [3.8, 4) is 0 Å². The fourth-order valence-corrected chi connectivity index (χ4v) is 1.49. The summed E-state index contributed by atoms with van der Waals surface area (Å²) in [6.45, 7) is 1.41. The monoisotopic (exact) mass is 284 g/mol. The number of halogens is 1. The van der Waals surface area contributed by atoms with Crippen molar-refractivity contribution < 1.29 is 14.7 Å². The lowest BCUT2D eigenvalue weighted by Gasteiger charge is -2.03. The number of carbonyl (C=O) groups is 2. The molecule has 0 bridgehead atoms. The van der Waals surface area contributed by atoms with E-state index in [0.29, 0.717) is 5.56 Å². The van der Waals surface area contributed by atoms with Gasteiger partial charge in [0.25, 0.3) is 0 Å². The molecular weight excluding hydrogens is 272 g/mol. The number of hydrogen-bond acceptors (Lipinski definition) is 3. The number of Topliss-reactive ketones (excluding diaryl/α,β-unsaturated/α-hetero) is 2. The maximum atomic E-state index is 11.6. The number of aliphatic hydroxyl groups excluding tert-OH is 1. The van der Waals surface area contributed by atoms with Crippen LogP contribution >= 0.6 is 15.9 Å². The summed E-state index contributed by atoms with van der Waals surface area (Å²) in [6, 6.07) is 6.98. The number of ketones is 2. The van der Waals surface area contributed by atoms with Crippen LogP contribution in [0.2, 0.25) is 0 Å². The third-order valence-corrected chi connectivity index (χ3v) is 2.76. The Hall–Kier alpha value is -1.000. The predicted molar refractivity (Wildman–Crippen MR) is 64.4 cm³/mol. The van der Waals surface area contributed by atoms with E-state index < -0.39 is 6.10 Å². The van der Waals surface area contributed by atoms with Crippen LogP contribution in [-0.2, 0) is 4.79 Å². The Balaban J connectivity index is 2.53. The maximum absolute atomic E-state index is 11.6. The van der Waals surface area contributed by atoms with Gasteiger partial charge in [-0.3, -0.25) is 9.59 Å². The first-order valence-corrected chi connectivity index (χ1v) is 5.79. The molecular formula is C12H13BrO3. The highest BCUT2D eigenvalue weighted by Crippen LogP contribution is 2.12. The molecule has 1 aromatic rings. The minimum Gasteiger partial charge on any atom is -0.386 e. The van der Waals surface area contributed by atoms with E-state index in [9.17, 15) is 9.59 Å². The van der Waals surface area contributed by atoms with Crippen LogP contribution in [0, 0.1) is 0 Å². The molecule has 1 atom stereocenters. The Morgan fingerprint density at radius 1 is 1.25 bits per heavy atom. The minimum atomic E-state index is -0.988. The highest BCUT2D eigenvalue weighted by molar-refractivity contribution is 9.10. The van der Waals surface area contributed by atoms with E-state index in [-0.39, 0.29) is 24.4 Å². The quantitative estimate of drug-likeness (QED) is 0.845. The lowest BCUT2D eigenvalue weighted by Crippen LogP contribution is -2.17. The standard InChI is InChI=1S/C12H13BrO3/c1-8(14)11(15)6-7-12(16)9-2-4-10(13)5-3-9/h2-5,8,14H,6-7H2,1H3/t8-/m1/s1. The molecule has 1 N–H and O–H groups in total. The van der Waals surface area contributed by atoms with Crippen LogP contribution in [0.25, 0.3) is 0 Å². The van der Waals surface area contributed by atoms with Gasteiger partial charge in [0.05, 0.1) is 0 Å². The lowest BCUT2D eigenvalue weighted by molar-refractivity contribution is -0.126. The van der Waals surface area contributed by atoms with Crippen molar-refractivity contribution >= 4 is 27.5 Å². The zero-order valence-electron chi connectivity index (χ0n) is 8.94. The molecule has 86 valence electrons. The fraction of sp³-hybridized carbons (Fsp3) is 0.333. The van der Waals surface area contributed by atoms with Gasteiger partial charge >= 0.3 is 0 Å². The van der Waals surface area contributed by atoms with Gasteiger partial charge in [0, 0.05) is 22.9 Å². The smallest absolute Gasteiger partial charge is 0.163 e. The molecule has 3 nitrogen and oxygen atoms in total. The molecule has 1 aromatic carbocycles. The molecule has 0 spiro atoms. The Kier molecular flexibility index (Phi) is 4.83. The maximum Gasteiger partial charge on any atom is 0.163 e. The number of aliphatic hydroxyl groups is 1. The topological polar surface area (TPSA) is 54.4 Å². The summed E-state index contributed by atoms with van der Waals surface area (Å²) >= 11 is 3.28. The Morgan fingerprint density at radius 2 is 1.81 bits per heavy atom. The second-order valence-corrected chi connectivity index (χ2v) is 4.49. The van der Waals surface area contributed by atoms with Crippen molar-refractivity contribution in [2.45, 2.75) is 25.9 Å². The number of hydrogen-bond donors (Lipinski definition) is 1. The SMILES string of the molecule is C[C@@H](O)C(=O)CCC(=O)c1ccc(Br)cc1. The first-order valence-electron chi connectivity index (χ1n) is 5.00. The van der Waals surface area contributed by atoms with Gasteiger partial charge in [-0.15, -0.1) is 0 Å². The van der Waals surface area contributed by atoms with Crippen LogP contribution in [0.3, 0.4) is 0 Å². The second kappa shape index (κ2) is 5.92. The van der Waals surface area contributed by atoms with Crippen molar-refractivity contribution in [2.75, 3.05) is 0 Å². The van der Waals surface area contributed by atoms with Gasteiger partial charge in [-0.2, -0.15) is 0 Å². The molecule has 4 heteroatoms. The molecule has 0 aliphatic heterocycles. The largest absolute Gasteiger partial charge is 0.386 e. The van der Waals surface area contributed by atoms with Gasteiger partial charge in [-0.05, 0) is 19.1 Å². The van der Waals surface area contributed by atoms with Crippen molar-refractivity contribution in [1.82, 2.24) is 0 Å². The molecule has 0 saturated heterocycles. The van der Waals surface area contributed by atoms with Crippen LogP contribution in [0.1, 0.15) is 30.1 Å². The van der Waals surface area contributed by atoms with Gasteiger partial charge in [0.2, 0.25) is 0 Å². The van der Waals surface area contributed by atoms with Crippen molar-refractivity contribution in [1.29, 1.82) is 0 Å². The fourth-order valence-electron chi connectivity index (χ4n) is 1.23. The van der Waals surface area contributed by atoms with E-state index in [2.05, 4.69) is 15.9 Å². The van der Waals surface area contributed by atoms with E-state index in [1.807, 2.05) is 0 Å². The highest BCUT2D eigenvalue weighted by Gasteiger charge is 2.12. The van der Waals surface area contributed by atoms with E-state index in [1.165, 1.54) is 6.92 Å². The highest BCUT2D eigenvalue weighted by atomic mass is 79.9. The predicted octanol–water partition coefficient (Wildman–Crippen LogP) is 2.36. The summed E-state index contributed by atoms with van der Waals surface area (Å²) in [5.41, 5.74) is 0.585. The third kappa shape index (κ3) is 3.87. The van der Waals surface area contributed by atoms with E-state index >= 15 is 0 Å². The van der Waals surface area contributed by atoms with Crippen molar-refractivity contribution in [3.63, 3.8) is 0 Å². The van der Waals surface area contributed by atoms with Crippen LogP contribution in [-0.4, -0.2) is 22.8 Å². The summed E-state index contributed by atoms with van der Waals surface area (Å²) < 4.78 is 0.907. The Bertz CT molecular complexity index is 382. The van der Waals surface area contributed by atoms with Gasteiger partial charge in [-0.25, -0.2) is 0 Å². The number of carbonyl (C=O) groups excluding carboxylic acids is 2. The number of benzene rings is 1. The molecule has 0 aromatic heterocycles. The zero-order chi connectivity index (χ0) is 12.1. The van der Waals surface area contributed by atoms with Crippen molar-refractivity contribution in [3.05, 3.63) is 34.3 Å². The van der Waals surface area contributed by atoms with Gasteiger partial charge in [0.15, 0.2) is 11.6 Å². The van der Waals surface area contributed by atoms with Crippen LogP contribution in [0.5, 0.6) is 0 Å². The lowest BCUT2D eigenvalue weighted by atomic mass is 10.0. The van der Waals surface area contributed by atoms with E-state index in [1.54, 1.807) is 24.3 Å². The number of rotatable bonds is 5. The normalized spacial score (nSPS) is 12.2. The molecule has 0 amide bonds. The Labute approximate surface area is 103 Å². The molecule has 0 aliphatic carbocycles. The van der Waals surface area contributed by atoms with Crippen LogP contribution < -0.4 is 0 Å². The zero-order valence-corrected chi connectivity index (χ0v) is 10.5. The molecule has 0 aliphatic rings. The summed E-state index contributed by atoms with van der Waals surface area (Å²) in [7, 11) is 0. The minimum absolute atomic E-state index is 0.0819. The first-order chi connectivity index (χ1) is 7.50. The third-order valence-electron chi connectivity index (χ3n) is 2.23. The van der Waals surface area contributed by atoms with Gasteiger partial charge in [0.1, 0.15) is 6.10 Å². The summed E-state index contributed by atoms with van der Waals surface area (Å²) in [6.07, 6.45) is -0.754. The molecule has 0 unspecified atom stereocenters. The summed E-state index contributed by atoms with van der Waals surface area (Å²) in [5, 5.41) is 8.97. The van der Waals surface area contributed by atoms with Crippen LogP contribution in [0.4, 0.5) is 0 Å². The first kappa shape index (κ1) is 13.1. The molecule has 0 radical (unpaired) electrons. The Morgan fingerprint density at radius 3 is 2.31 bits per heavy atom. The van der Waals surface area contributed by atoms with Crippen molar-refractivity contribution in [2.24, 2.45) is 0 Å². The average Bonchev–Trinajstić information content (AvgIpc) is 2.26. The molecule has 1 rings (SSSR count). The average molecular weight is 285 g/mol. The summed E-state index contributed by atoms with van der Waals surface area (Å²) in [4.78, 5) is 22.8. The summed E-state index contributed by atoms with van der Waals surface area (Å²) in [5.74, 6) is -0.382. The van der Waals surface area contributed by atoms with Gasteiger partial charge in [-0.1, -0.05) is 28.1 Å². The molecule has 0 heterocycles. The van der Waals surface area contributed by atoms with E-state index in [0.717, 1.165) is 4.47 Å².